The van der Waals surface area contributed by atoms with E-state index in [4.69, 9.17) is 11.1 Å². The Morgan fingerprint density at radius 3 is 2.54 bits per heavy atom. The van der Waals surface area contributed by atoms with Crippen LogP contribution < -0.4 is 16.8 Å². The summed E-state index contributed by atoms with van der Waals surface area (Å²) >= 11 is 0. The first kappa shape index (κ1) is 17.7. The van der Waals surface area contributed by atoms with E-state index in [-0.39, 0.29) is 22.0 Å². The van der Waals surface area contributed by atoms with Crippen LogP contribution in [0.1, 0.15) is 27.0 Å². The van der Waals surface area contributed by atoms with E-state index in [1.54, 1.807) is 16.8 Å². The number of hydrogen-bond donors (Lipinski definition) is 2. The van der Waals surface area contributed by atoms with E-state index in [2.05, 4.69) is 4.98 Å². The number of pyridine rings is 2. The van der Waals surface area contributed by atoms with E-state index < -0.39 is 5.91 Å². The molecule has 0 spiro atoms. The number of aromatic nitrogens is 3. The third-order valence-electron chi connectivity index (χ3n) is 4.86. The standard InChI is InChI=1S/C21H19N5O2/c1-12-5-7-14(8-6-12)11-26-17(22)15(18(23)27)10-16-20(26)24-19-13(2)4-3-9-25(19)21(16)28/h3-10,22H,11H2,1-2H3,(H2,23,27). The maximum absolute atomic E-state index is 13.1. The smallest absolute Gasteiger partial charge is 0.267 e. The molecule has 7 nitrogen and oxygen atoms in total. The third kappa shape index (κ3) is 2.77. The highest BCUT2D eigenvalue weighted by Crippen LogP contribution is 2.14. The molecule has 4 rings (SSSR count). The molecule has 0 fully saturated rings. The summed E-state index contributed by atoms with van der Waals surface area (Å²) in [5.41, 5.74) is 8.86. The van der Waals surface area contributed by atoms with Gasteiger partial charge in [-0.2, -0.15) is 0 Å². The van der Waals surface area contributed by atoms with Gasteiger partial charge in [-0.1, -0.05) is 35.9 Å². The van der Waals surface area contributed by atoms with Crippen LogP contribution in [0.2, 0.25) is 0 Å². The Morgan fingerprint density at radius 1 is 1.14 bits per heavy atom. The van der Waals surface area contributed by atoms with Gasteiger partial charge in [0, 0.05) is 6.20 Å². The number of carbonyl (C=O) groups excluding carboxylic acids is 1. The molecular formula is C21H19N5O2. The Hall–Kier alpha value is -3.74. The molecule has 140 valence electrons. The normalized spacial score (nSPS) is 11.2. The molecule has 0 unspecified atom stereocenters. The molecule has 0 bridgehead atoms. The molecule has 0 saturated heterocycles. The van der Waals surface area contributed by atoms with Gasteiger partial charge in [0.05, 0.1) is 17.5 Å². The largest absolute Gasteiger partial charge is 0.365 e. The fourth-order valence-corrected chi connectivity index (χ4v) is 3.31. The van der Waals surface area contributed by atoms with E-state index in [0.29, 0.717) is 17.8 Å². The molecule has 0 atom stereocenters. The van der Waals surface area contributed by atoms with Crippen molar-refractivity contribution < 1.29 is 4.79 Å². The zero-order chi connectivity index (χ0) is 20.0. The molecule has 3 N–H and O–H groups in total. The van der Waals surface area contributed by atoms with Crippen molar-refractivity contribution in [3.8, 4) is 0 Å². The zero-order valence-electron chi connectivity index (χ0n) is 15.6. The molecule has 3 heterocycles. The maximum Gasteiger partial charge on any atom is 0.267 e. The van der Waals surface area contributed by atoms with Crippen LogP contribution in [0.5, 0.6) is 0 Å². The summed E-state index contributed by atoms with van der Waals surface area (Å²) in [6, 6.07) is 12.9. The first-order valence-electron chi connectivity index (χ1n) is 8.82. The fraction of sp³-hybridized carbons (Fsp3) is 0.143. The number of nitrogens with zero attached hydrogens (tertiary/aromatic N) is 3. The second-order valence-electron chi connectivity index (χ2n) is 6.88. The van der Waals surface area contributed by atoms with Crippen LogP contribution in [0.3, 0.4) is 0 Å². The Labute approximate surface area is 160 Å². The summed E-state index contributed by atoms with van der Waals surface area (Å²) in [4.78, 5) is 29.6. The predicted octanol–water partition coefficient (Wildman–Crippen LogP) is 1.89. The van der Waals surface area contributed by atoms with Gasteiger partial charge in [-0.15, -0.1) is 0 Å². The van der Waals surface area contributed by atoms with Crippen LogP contribution in [0.15, 0.2) is 53.5 Å². The lowest BCUT2D eigenvalue weighted by Crippen LogP contribution is -2.32. The zero-order valence-corrected chi connectivity index (χ0v) is 15.6. The van der Waals surface area contributed by atoms with Crippen molar-refractivity contribution in [2.45, 2.75) is 20.4 Å². The summed E-state index contributed by atoms with van der Waals surface area (Å²) in [7, 11) is 0. The van der Waals surface area contributed by atoms with E-state index in [0.717, 1.165) is 16.7 Å². The van der Waals surface area contributed by atoms with E-state index >= 15 is 0 Å². The van der Waals surface area contributed by atoms with E-state index in [1.165, 1.54) is 10.5 Å². The van der Waals surface area contributed by atoms with Crippen LogP contribution in [0.4, 0.5) is 0 Å². The maximum atomic E-state index is 13.1. The van der Waals surface area contributed by atoms with E-state index in [1.807, 2.05) is 44.2 Å². The molecule has 0 saturated carbocycles. The molecule has 1 amide bonds. The number of aryl methyl sites for hydroxylation is 2. The van der Waals surface area contributed by atoms with Crippen molar-refractivity contribution in [1.29, 1.82) is 5.41 Å². The number of hydrogen-bond acceptors (Lipinski definition) is 4. The molecule has 0 radical (unpaired) electrons. The lowest BCUT2D eigenvalue weighted by atomic mass is 10.1. The van der Waals surface area contributed by atoms with Gasteiger partial charge >= 0.3 is 0 Å². The Bertz CT molecular complexity index is 1360. The van der Waals surface area contributed by atoms with Gasteiger partial charge in [0.25, 0.3) is 11.5 Å². The van der Waals surface area contributed by atoms with Crippen molar-refractivity contribution in [2.24, 2.45) is 5.73 Å². The van der Waals surface area contributed by atoms with Gasteiger partial charge in [-0.05, 0) is 37.1 Å². The minimum Gasteiger partial charge on any atom is -0.365 e. The van der Waals surface area contributed by atoms with Gasteiger partial charge in [0.2, 0.25) is 0 Å². The van der Waals surface area contributed by atoms with Crippen molar-refractivity contribution in [1.82, 2.24) is 14.0 Å². The summed E-state index contributed by atoms with van der Waals surface area (Å²) in [5, 5.41) is 8.75. The van der Waals surface area contributed by atoms with Crippen LogP contribution in [0.25, 0.3) is 16.7 Å². The second kappa shape index (κ2) is 6.45. The number of primary amides is 1. The topological polar surface area (TPSA) is 106 Å². The summed E-state index contributed by atoms with van der Waals surface area (Å²) in [6.45, 7) is 4.16. The lowest BCUT2D eigenvalue weighted by molar-refractivity contribution is 0.0998. The highest BCUT2D eigenvalue weighted by molar-refractivity contribution is 5.95. The summed E-state index contributed by atoms with van der Waals surface area (Å²) in [6.07, 6.45) is 1.64. The van der Waals surface area contributed by atoms with E-state index in [9.17, 15) is 9.59 Å². The van der Waals surface area contributed by atoms with Crippen molar-refractivity contribution in [3.63, 3.8) is 0 Å². The molecule has 1 aromatic carbocycles. The van der Waals surface area contributed by atoms with Gasteiger partial charge in [0.1, 0.15) is 16.8 Å². The summed E-state index contributed by atoms with van der Waals surface area (Å²) in [5.74, 6) is -0.752. The molecule has 0 aliphatic carbocycles. The Morgan fingerprint density at radius 2 is 1.86 bits per heavy atom. The van der Waals surface area contributed by atoms with Crippen molar-refractivity contribution in [2.75, 3.05) is 0 Å². The van der Waals surface area contributed by atoms with Crippen molar-refractivity contribution >= 4 is 22.6 Å². The van der Waals surface area contributed by atoms with Gasteiger partial charge in [0.15, 0.2) is 0 Å². The number of amides is 1. The van der Waals surface area contributed by atoms with Crippen molar-refractivity contribution in [3.05, 3.63) is 86.8 Å². The highest BCUT2D eigenvalue weighted by Gasteiger charge is 2.16. The average Bonchev–Trinajstić information content (AvgIpc) is 2.66. The van der Waals surface area contributed by atoms with Gasteiger partial charge < -0.3 is 10.3 Å². The van der Waals surface area contributed by atoms with Crippen LogP contribution in [-0.2, 0) is 6.54 Å². The minimum atomic E-state index is -0.752. The van der Waals surface area contributed by atoms with Crippen LogP contribution in [-0.4, -0.2) is 19.9 Å². The number of fused-ring (bicyclic) bond motifs is 2. The lowest BCUT2D eigenvalue weighted by Gasteiger charge is -2.14. The third-order valence-corrected chi connectivity index (χ3v) is 4.86. The number of carbonyl (C=O) groups is 1. The number of benzene rings is 1. The molecule has 0 aliphatic heterocycles. The average molecular weight is 373 g/mol. The molecule has 0 aliphatic rings. The minimum absolute atomic E-state index is 0.00823. The molecule has 28 heavy (non-hydrogen) atoms. The van der Waals surface area contributed by atoms with Crippen LogP contribution in [0, 0.1) is 19.3 Å². The Balaban J connectivity index is 2.12. The number of rotatable bonds is 3. The number of nitrogens with two attached hydrogens (primary N) is 1. The molecule has 7 heteroatoms. The SMILES string of the molecule is Cc1ccc(Cn2c(=N)c(C(N)=O)cc3c(=O)n4cccc(C)c4nc32)cc1. The molecular weight excluding hydrogens is 354 g/mol. The predicted molar refractivity (Wildman–Crippen MR) is 106 cm³/mol. The monoisotopic (exact) mass is 373 g/mol. The molecule has 3 aromatic heterocycles. The highest BCUT2D eigenvalue weighted by atomic mass is 16.1. The number of nitrogens with one attached hydrogen (secondary N) is 1. The summed E-state index contributed by atoms with van der Waals surface area (Å²) < 4.78 is 3.01. The van der Waals surface area contributed by atoms with Crippen LogP contribution >= 0.6 is 0 Å². The first-order valence-corrected chi connectivity index (χ1v) is 8.82. The molecule has 4 aromatic rings. The van der Waals surface area contributed by atoms with Gasteiger partial charge in [-0.3, -0.25) is 19.4 Å². The van der Waals surface area contributed by atoms with Gasteiger partial charge in [-0.25, -0.2) is 4.98 Å². The Kier molecular flexibility index (Phi) is 4.07. The fourth-order valence-electron chi connectivity index (χ4n) is 3.31. The first-order chi connectivity index (χ1) is 13.4. The quantitative estimate of drug-likeness (QED) is 0.536. The second-order valence-corrected chi connectivity index (χ2v) is 6.88.